The Balaban J connectivity index is 1.36. The second kappa shape index (κ2) is 8.86. The van der Waals surface area contributed by atoms with E-state index >= 15 is 0 Å². The second-order valence-electron chi connectivity index (χ2n) is 6.41. The Morgan fingerprint density at radius 2 is 1.77 bits per heavy atom. The number of Topliss-reactive ketones (excluding diaryl/α,β-unsaturated/α-hetero) is 1. The molecule has 2 aromatic carbocycles. The summed E-state index contributed by atoms with van der Waals surface area (Å²) < 4.78 is 5.51. The van der Waals surface area contributed by atoms with Gasteiger partial charge in [0, 0.05) is 23.4 Å². The summed E-state index contributed by atoms with van der Waals surface area (Å²) in [4.78, 5) is 24.2. The standard InChI is InChI=1S/C21H22ClNO3/c22-18-6-8-19(9-7-18)26-13-12-23-21(25)11-10-20(24)17-5-4-15-2-1-3-16(15)14-17/h4-9,14H,1-3,10-13H2,(H,23,25). The van der Waals surface area contributed by atoms with E-state index in [4.69, 9.17) is 16.3 Å². The van der Waals surface area contributed by atoms with Crippen LogP contribution in [-0.4, -0.2) is 24.8 Å². The van der Waals surface area contributed by atoms with Crippen molar-refractivity contribution in [1.82, 2.24) is 5.32 Å². The van der Waals surface area contributed by atoms with Gasteiger partial charge in [0.1, 0.15) is 12.4 Å². The number of amides is 1. The number of hydrogen-bond acceptors (Lipinski definition) is 3. The van der Waals surface area contributed by atoms with Gasteiger partial charge in [-0.1, -0.05) is 23.7 Å². The molecule has 1 aliphatic rings. The van der Waals surface area contributed by atoms with Crippen molar-refractivity contribution in [3.63, 3.8) is 0 Å². The maximum atomic E-state index is 12.3. The van der Waals surface area contributed by atoms with Crippen molar-refractivity contribution >= 4 is 23.3 Å². The highest BCUT2D eigenvalue weighted by atomic mass is 35.5. The first-order chi connectivity index (χ1) is 12.6. The van der Waals surface area contributed by atoms with E-state index in [0.717, 1.165) is 19.3 Å². The van der Waals surface area contributed by atoms with Crippen LogP contribution in [0.25, 0.3) is 0 Å². The van der Waals surface area contributed by atoms with Gasteiger partial charge in [-0.2, -0.15) is 0 Å². The number of nitrogens with one attached hydrogen (secondary N) is 1. The highest BCUT2D eigenvalue weighted by molar-refractivity contribution is 6.30. The summed E-state index contributed by atoms with van der Waals surface area (Å²) in [6.07, 6.45) is 3.72. The van der Waals surface area contributed by atoms with Crippen LogP contribution in [0.2, 0.25) is 5.02 Å². The number of ether oxygens (including phenoxy) is 1. The molecule has 0 aromatic heterocycles. The van der Waals surface area contributed by atoms with Crippen LogP contribution < -0.4 is 10.1 Å². The fraction of sp³-hybridized carbons (Fsp3) is 0.333. The van der Waals surface area contributed by atoms with E-state index in [-0.39, 0.29) is 24.5 Å². The quantitative estimate of drug-likeness (QED) is 0.564. The van der Waals surface area contributed by atoms with Crippen molar-refractivity contribution in [3.8, 4) is 5.75 Å². The highest BCUT2D eigenvalue weighted by Crippen LogP contribution is 2.23. The molecule has 0 fully saturated rings. The molecule has 3 rings (SSSR count). The van der Waals surface area contributed by atoms with Gasteiger partial charge >= 0.3 is 0 Å². The molecule has 4 nitrogen and oxygen atoms in total. The molecule has 5 heteroatoms. The number of carbonyl (C=O) groups excluding carboxylic acids is 2. The average Bonchev–Trinajstić information content (AvgIpc) is 3.12. The Morgan fingerprint density at radius 3 is 2.58 bits per heavy atom. The summed E-state index contributed by atoms with van der Waals surface area (Å²) in [5.74, 6) is 0.585. The van der Waals surface area contributed by atoms with Crippen molar-refractivity contribution in [2.75, 3.05) is 13.2 Å². The topological polar surface area (TPSA) is 55.4 Å². The van der Waals surface area contributed by atoms with Crippen LogP contribution in [0.4, 0.5) is 0 Å². The number of aryl methyl sites for hydroxylation is 2. The van der Waals surface area contributed by atoms with Gasteiger partial charge in [0.15, 0.2) is 5.78 Å². The number of ketones is 1. The van der Waals surface area contributed by atoms with E-state index in [2.05, 4.69) is 5.32 Å². The van der Waals surface area contributed by atoms with Crippen LogP contribution in [-0.2, 0) is 17.6 Å². The minimum atomic E-state index is -0.140. The van der Waals surface area contributed by atoms with Crippen LogP contribution in [0.1, 0.15) is 40.7 Å². The van der Waals surface area contributed by atoms with E-state index in [0.29, 0.717) is 29.5 Å². The molecule has 2 aromatic rings. The Hall–Kier alpha value is -2.33. The van der Waals surface area contributed by atoms with E-state index in [1.807, 2.05) is 18.2 Å². The molecule has 0 spiro atoms. The molecule has 136 valence electrons. The molecule has 0 atom stereocenters. The van der Waals surface area contributed by atoms with Crippen LogP contribution in [0, 0.1) is 0 Å². The van der Waals surface area contributed by atoms with Gasteiger partial charge < -0.3 is 10.1 Å². The zero-order valence-electron chi connectivity index (χ0n) is 14.6. The number of carbonyl (C=O) groups is 2. The predicted octanol–water partition coefficient (Wildman–Crippen LogP) is 3.99. The van der Waals surface area contributed by atoms with E-state index in [1.54, 1.807) is 24.3 Å². The molecule has 0 saturated heterocycles. The molecule has 1 amide bonds. The molecule has 0 bridgehead atoms. The number of fused-ring (bicyclic) bond motifs is 1. The van der Waals surface area contributed by atoms with Gasteiger partial charge in [0.2, 0.25) is 5.91 Å². The summed E-state index contributed by atoms with van der Waals surface area (Å²) in [6.45, 7) is 0.765. The van der Waals surface area contributed by atoms with Gasteiger partial charge in [-0.25, -0.2) is 0 Å². The minimum absolute atomic E-state index is 0.0206. The lowest BCUT2D eigenvalue weighted by Gasteiger charge is -2.08. The molecule has 0 heterocycles. The van der Waals surface area contributed by atoms with Crippen molar-refractivity contribution in [2.45, 2.75) is 32.1 Å². The first-order valence-corrected chi connectivity index (χ1v) is 9.30. The Labute approximate surface area is 158 Å². The van der Waals surface area contributed by atoms with Crippen molar-refractivity contribution in [2.24, 2.45) is 0 Å². The first kappa shape index (κ1) is 18.5. The number of halogens is 1. The van der Waals surface area contributed by atoms with Gasteiger partial charge in [0.05, 0.1) is 6.54 Å². The third-order valence-electron chi connectivity index (χ3n) is 4.51. The van der Waals surface area contributed by atoms with Crippen LogP contribution in [0.5, 0.6) is 5.75 Å². The Morgan fingerprint density at radius 1 is 1.00 bits per heavy atom. The minimum Gasteiger partial charge on any atom is -0.492 e. The summed E-state index contributed by atoms with van der Waals surface area (Å²) in [6, 6.07) is 13.0. The summed E-state index contributed by atoms with van der Waals surface area (Å²) >= 11 is 5.81. The fourth-order valence-electron chi connectivity index (χ4n) is 3.10. The summed E-state index contributed by atoms with van der Waals surface area (Å²) in [5, 5.41) is 3.42. The largest absolute Gasteiger partial charge is 0.492 e. The zero-order valence-corrected chi connectivity index (χ0v) is 15.3. The number of hydrogen-bond donors (Lipinski definition) is 1. The molecule has 0 unspecified atom stereocenters. The molecule has 0 saturated carbocycles. The maximum Gasteiger partial charge on any atom is 0.220 e. The summed E-state index contributed by atoms with van der Waals surface area (Å²) in [7, 11) is 0. The fourth-order valence-corrected chi connectivity index (χ4v) is 3.22. The van der Waals surface area contributed by atoms with Crippen molar-refractivity contribution < 1.29 is 14.3 Å². The van der Waals surface area contributed by atoms with Gasteiger partial charge in [-0.15, -0.1) is 0 Å². The monoisotopic (exact) mass is 371 g/mol. The first-order valence-electron chi connectivity index (χ1n) is 8.92. The van der Waals surface area contributed by atoms with Gasteiger partial charge in [-0.3, -0.25) is 9.59 Å². The summed E-state index contributed by atoms with van der Waals surface area (Å²) in [5.41, 5.74) is 3.34. The Kier molecular flexibility index (Phi) is 6.29. The normalized spacial score (nSPS) is 12.5. The third kappa shape index (κ3) is 5.09. The molecule has 1 N–H and O–H groups in total. The number of rotatable bonds is 8. The SMILES string of the molecule is O=C(CCC(=O)c1ccc2c(c1)CCC2)NCCOc1ccc(Cl)cc1. The second-order valence-corrected chi connectivity index (χ2v) is 6.85. The van der Waals surface area contributed by atoms with Crippen molar-refractivity contribution in [1.29, 1.82) is 0 Å². The molecule has 26 heavy (non-hydrogen) atoms. The van der Waals surface area contributed by atoms with E-state index < -0.39 is 0 Å². The van der Waals surface area contributed by atoms with E-state index in [1.165, 1.54) is 11.1 Å². The molecular weight excluding hydrogens is 350 g/mol. The average molecular weight is 372 g/mol. The smallest absolute Gasteiger partial charge is 0.220 e. The van der Waals surface area contributed by atoms with Crippen molar-refractivity contribution in [3.05, 3.63) is 64.2 Å². The highest BCUT2D eigenvalue weighted by Gasteiger charge is 2.14. The lowest BCUT2D eigenvalue weighted by Crippen LogP contribution is -2.28. The Bertz CT molecular complexity index is 786. The van der Waals surface area contributed by atoms with Gasteiger partial charge in [0.25, 0.3) is 0 Å². The lowest BCUT2D eigenvalue weighted by atomic mass is 10.0. The molecular formula is C21H22ClNO3. The zero-order chi connectivity index (χ0) is 18.4. The lowest BCUT2D eigenvalue weighted by molar-refractivity contribution is -0.121. The predicted molar refractivity (Wildman–Crippen MR) is 102 cm³/mol. The van der Waals surface area contributed by atoms with Gasteiger partial charge in [-0.05, 0) is 60.7 Å². The molecule has 0 aliphatic heterocycles. The molecule has 1 aliphatic carbocycles. The number of benzene rings is 2. The molecule has 0 radical (unpaired) electrons. The maximum absolute atomic E-state index is 12.3. The van der Waals surface area contributed by atoms with Crippen LogP contribution in [0.3, 0.4) is 0 Å². The van der Waals surface area contributed by atoms with Crippen LogP contribution in [0.15, 0.2) is 42.5 Å². The third-order valence-corrected chi connectivity index (χ3v) is 4.76. The van der Waals surface area contributed by atoms with Crippen LogP contribution >= 0.6 is 11.6 Å². The van der Waals surface area contributed by atoms with E-state index in [9.17, 15) is 9.59 Å².